The van der Waals surface area contributed by atoms with Gasteiger partial charge in [0.1, 0.15) is 7.28 Å². The molecule has 0 nitrogen and oxygen atoms in total. The van der Waals surface area contributed by atoms with Crippen molar-refractivity contribution < 1.29 is 0 Å². The van der Waals surface area contributed by atoms with E-state index >= 15 is 0 Å². The fourth-order valence-electron chi connectivity index (χ4n) is 5.98. The second kappa shape index (κ2) is 10.3. The zero-order chi connectivity index (χ0) is 27.1. The Bertz CT molecular complexity index is 2040. The Balaban J connectivity index is 1.45. The molecule has 1 heterocycles. The topological polar surface area (TPSA) is 0 Å². The third-order valence-electron chi connectivity index (χ3n) is 7.93. The second-order valence-corrected chi connectivity index (χ2v) is 11.5. The predicted octanol–water partition coefficient (Wildman–Crippen LogP) is 11.1. The minimum atomic E-state index is 1.06. The molecule has 0 spiro atoms. The van der Waals surface area contributed by atoms with Gasteiger partial charge in [0.05, 0.1) is 0 Å². The maximum atomic E-state index is 2.41. The molecule has 40 heavy (non-hydrogen) atoms. The van der Waals surface area contributed by atoms with Crippen LogP contribution >= 0.6 is 11.3 Å². The van der Waals surface area contributed by atoms with Crippen molar-refractivity contribution in [1.29, 1.82) is 0 Å². The van der Waals surface area contributed by atoms with Gasteiger partial charge in [-0.15, -0.1) is 17.3 Å². The van der Waals surface area contributed by atoms with Crippen molar-refractivity contribution in [2.24, 2.45) is 0 Å². The second-order valence-electron chi connectivity index (χ2n) is 10.4. The summed E-state index contributed by atoms with van der Waals surface area (Å²) in [6.45, 7) is 4.36. The van der Waals surface area contributed by atoms with Gasteiger partial charge in [0, 0.05) is 20.2 Å². The first-order chi connectivity index (χ1) is 19.7. The Morgan fingerprint density at radius 3 is 1.75 bits per heavy atom. The lowest BCUT2D eigenvalue weighted by molar-refractivity contribution is 1.62. The third kappa shape index (κ3) is 4.17. The van der Waals surface area contributed by atoms with E-state index in [1.165, 1.54) is 75.1 Å². The van der Waals surface area contributed by atoms with E-state index in [1.807, 2.05) is 11.3 Å². The van der Waals surface area contributed by atoms with E-state index < -0.39 is 0 Å². The first-order valence-corrected chi connectivity index (χ1v) is 14.8. The Labute approximate surface area is 240 Å². The molecule has 0 radical (unpaired) electrons. The number of benzene rings is 6. The summed E-state index contributed by atoms with van der Waals surface area (Å²) in [4.78, 5) is 0. The normalized spacial score (nSPS) is 12.3. The standard InChI is InChI=1S/C38H29BS/c1-25(11-10-22-39-2)27-18-20-29-30-21-19-28(24-36(30)40-35(29)23-27)38-33-16-8-6-14-31(33)37(26-12-4-3-5-13-26)32-15-7-9-17-34(32)38/h3-24,39H,1-2H3/b22-10-,25-11+. The van der Waals surface area contributed by atoms with Crippen LogP contribution in [-0.4, -0.2) is 7.28 Å². The summed E-state index contributed by atoms with van der Waals surface area (Å²) >= 11 is 1.90. The maximum Gasteiger partial charge on any atom is 0.144 e. The van der Waals surface area contributed by atoms with E-state index in [4.69, 9.17) is 0 Å². The van der Waals surface area contributed by atoms with Crippen LogP contribution in [0, 0.1) is 0 Å². The number of fused-ring (bicyclic) bond motifs is 5. The zero-order valence-corrected chi connectivity index (χ0v) is 23.6. The zero-order valence-electron chi connectivity index (χ0n) is 22.8. The minimum absolute atomic E-state index is 1.06. The largest absolute Gasteiger partial charge is 0.144 e. The molecule has 0 amide bonds. The SMILES string of the molecule is CB/C=C\C=C(/C)c1ccc2c(c1)sc1cc(-c3c4ccccc4c(-c4ccccc4)c4ccccc34)ccc12. The van der Waals surface area contributed by atoms with Gasteiger partial charge in [-0.2, -0.15) is 0 Å². The van der Waals surface area contributed by atoms with Gasteiger partial charge in [0.25, 0.3) is 0 Å². The highest BCUT2D eigenvalue weighted by Crippen LogP contribution is 2.45. The molecular weight excluding hydrogens is 499 g/mol. The van der Waals surface area contributed by atoms with Crippen LogP contribution in [-0.2, 0) is 0 Å². The maximum absolute atomic E-state index is 2.41. The lowest BCUT2D eigenvalue weighted by Crippen LogP contribution is -1.90. The minimum Gasteiger partial charge on any atom is -0.135 e. The molecule has 1 aromatic heterocycles. The number of hydrogen-bond donors (Lipinski definition) is 0. The average molecular weight is 529 g/mol. The Kier molecular flexibility index (Phi) is 6.34. The lowest BCUT2D eigenvalue weighted by atomic mass is 9.82. The summed E-state index contributed by atoms with van der Waals surface area (Å²) in [6, 6.07) is 42.5. The first-order valence-electron chi connectivity index (χ1n) is 14.0. The number of hydrogen-bond acceptors (Lipinski definition) is 1. The van der Waals surface area contributed by atoms with Gasteiger partial charge in [-0.05, 0) is 74.0 Å². The molecule has 0 saturated carbocycles. The Morgan fingerprint density at radius 2 is 1.12 bits per heavy atom. The molecule has 6 aromatic carbocycles. The van der Waals surface area contributed by atoms with Crippen molar-refractivity contribution in [1.82, 2.24) is 0 Å². The number of allylic oxidation sites excluding steroid dienone is 3. The quantitative estimate of drug-likeness (QED) is 0.118. The third-order valence-corrected chi connectivity index (χ3v) is 9.04. The molecule has 0 aliphatic rings. The summed E-state index contributed by atoms with van der Waals surface area (Å²) in [5, 5.41) is 7.84. The van der Waals surface area contributed by atoms with Gasteiger partial charge >= 0.3 is 0 Å². The molecule has 2 heteroatoms. The van der Waals surface area contributed by atoms with Gasteiger partial charge in [0.2, 0.25) is 0 Å². The molecule has 0 N–H and O–H groups in total. The van der Waals surface area contributed by atoms with Crippen LogP contribution in [0.3, 0.4) is 0 Å². The molecule has 190 valence electrons. The van der Waals surface area contributed by atoms with Crippen molar-refractivity contribution >= 4 is 65.9 Å². The van der Waals surface area contributed by atoms with Crippen molar-refractivity contribution in [3.63, 3.8) is 0 Å². The highest BCUT2D eigenvalue weighted by atomic mass is 32.1. The fraction of sp³-hybridized carbons (Fsp3) is 0.0526. The molecule has 0 bridgehead atoms. The highest BCUT2D eigenvalue weighted by molar-refractivity contribution is 7.25. The number of thiophene rings is 1. The summed E-state index contributed by atoms with van der Waals surface area (Å²) < 4.78 is 2.67. The van der Waals surface area contributed by atoms with Crippen molar-refractivity contribution in [3.05, 3.63) is 139 Å². The van der Waals surface area contributed by atoms with Crippen LogP contribution < -0.4 is 0 Å². The van der Waals surface area contributed by atoms with Gasteiger partial charge < -0.3 is 0 Å². The van der Waals surface area contributed by atoms with E-state index in [1.54, 1.807) is 0 Å². The van der Waals surface area contributed by atoms with Crippen molar-refractivity contribution in [3.8, 4) is 22.3 Å². The molecule has 0 unspecified atom stereocenters. The predicted molar refractivity (Wildman–Crippen MR) is 181 cm³/mol. The van der Waals surface area contributed by atoms with E-state index in [0.717, 1.165) is 7.28 Å². The van der Waals surface area contributed by atoms with E-state index in [9.17, 15) is 0 Å². The fourth-order valence-corrected chi connectivity index (χ4v) is 7.16. The van der Waals surface area contributed by atoms with Crippen LogP contribution in [0.1, 0.15) is 12.5 Å². The first kappa shape index (κ1) is 24.6. The molecule has 0 aliphatic heterocycles. The van der Waals surface area contributed by atoms with Gasteiger partial charge in [-0.3, -0.25) is 0 Å². The van der Waals surface area contributed by atoms with Crippen molar-refractivity contribution in [2.45, 2.75) is 13.7 Å². The smallest absolute Gasteiger partial charge is 0.135 e. The molecule has 7 rings (SSSR count). The highest BCUT2D eigenvalue weighted by Gasteiger charge is 2.17. The summed E-state index contributed by atoms with van der Waals surface area (Å²) in [5.74, 6) is 2.20. The van der Waals surface area contributed by atoms with Gasteiger partial charge in [0.15, 0.2) is 0 Å². The average Bonchev–Trinajstić information content (AvgIpc) is 3.37. The van der Waals surface area contributed by atoms with Gasteiger partial charge in [-0.1, -0.05) is 122 Å². The van der Waals surface area contributed by atoms with Crippen LogP contribution in [0.25, 0.3) is 69.5 Å². The van der Waals surface area contributed by atoms with Crippen LogP contribution in [0.4, 0.5) is 0 Å². The molecule has 7 aromatic rings. The van der Waals surface area contributed by atoms with E-state index in [0.29, 0.717) is 0 Å². The molecular formula is C38H29BS. The molecule has 0 saturated heterocycles. The monoisotopic (exact) mass is 528 g/mol. The van der Waals surface area contributed by atoms with Gasteiger partial charge in [-0.25, -0.2) is 0 Å². The summed E-state index contributed by atoms with van der Waals surface area (Å²) in [5.41, 5.74) is 7.73. The molecule has 0 fully saturated rings. The Hall–Kier alpha value is -4.40. The number of rotatable bonds is 5. The van der Waals surface area contributed by atoms with Crippen molar-refractivity contribution in [2.75, 3.05) is 0 Å². The summed E-state index contributed by atoms with van der Waals surface area (Å²) in [6.07, 6.45) is 4.37. The molecule has 0 aliphatic carbocycles. The van der Waals surface area contributed by atoms with Crippen LogP contribution in [0.5, 0.6) is 0 Å². The van der Waals surface area contributed by atoms with E-state index in [-0.39, 0.29) is 0 Å². The van der Waals surface area contributed by atoms with E-state index in [2.05, 4.69) is 147 Å². The van der Waals surface area contributed by atoms with Crippen LogP contribution in [0.15, 0.2) is 133 Å². The van der Waals surface area contributed by atoms with Crippen LogP contribution in [0.2, 0.25) is 6.82 Å². The Morgan fingerprint density at radius 1 is 0.575 bits per heavy atom. The molecule has 0 atom stereocenters. The summed E-state index contributed by atoms with van der Waals surface area (Å²) in [7, 11) is 1.06. The lowest BCUT2D eigenvalue weighted by Gasteiger charge is -2.17.